The Morgan fingerprint density at radius 1 is 1.44 bits per heavy atom. The van der Waals surface area contributed by atoms with E-state index in [9.17, 15) is 0 Å². The Bertz CT molecular complexity index is 80.6. The molecular formula is C8H17N. The van der Waals surface area contributed by atoms with Crippen molar-refractivity contribution in [1.29, 1.82) is 0 Å². The first-order valence-corrected chi connectivity index (χ1v) is 3.61. The van der Waals surface area contributed by atoms with E-state index in [0.29, 0.717) is 0 Å². The molecule has 0 aliphatic heterocycles. The Morgan fingerprint density at radius 3 is 2.56 bits per heavy atom. The number of rotatable bonds is 4. The van der Waals surface area contributed by atoms with Crippen molar-refractivity contribution in [2.45, 2.75) is 27.2 Å². The Hall–Kier alpha value is -0.300. The summed E-state index contributed by atoms with van der Waals surface area (Å²) in [5.41, 5.74) is 1.39. The molecule has 0 aromatic heterocycles. The molecule has 0 amide bonds. The van der Waals surface area contributed by atoms with Crippen LogP contribution in [-0.2, 0) is 0 Å². The van der Waals surface area contributed by atoms with Crippen molar-refractivity contribution in [3.63, 3.8) is 0 Å². The minimum atomic E-state index is 1.02. The van der Waals surface area contributed by atoms with Gasteiger partial charge in [-0.2, -0.15) is 0 Å². The SMILES string of the molecule is CCCNCC=C(C)C. The van der Waals surface area contributed by atoms with Crippen molar-refractivity contribution in [2.24, 2.45) is 0 Å². The maximum Gasteiger partial charge on any atom is 0.0137 e. The lowest BCUT2D eigenvalue weighted by Crippen LogP contribution is -2.13. The normalized spacial score (nSPS) is 9.22. The predicted molar refractivity (Wildman–Crippen MR) is 42.6 cm³/mol. The van der Waals surface area contributed by atoms with Crippen LogP contribution in [0.4, 0.5) is 0 Å². The highest BCUT2D eigenvalue weighted by molar-refractivity contribution is 4.94. The Kier molecular flexibility index (Phi) is 5.64. The Balaban J connectivity index is 3.00. The van der Waals surface area contributed by atoms with E-state index in [1.54, 1.807) is 0 Å². The van der Waals surface area contributed by atoms with Gasteiger partial charge in [-0.3, -0.25) is 0 Å². The number of hydrogen-bond acceptors (Lipinski definition) is 1. The highest BCUT2D eigenvalue weighted by Crippen LogP contribution is 1.84. The van der Waals surface area contributed by atoms with Gasteiger partial charge in [-0.15, -0.1) is 0 Å². The maximum atomic E-state index is 3.29. The average molecular weight is 127 g/mol. The van der Waals surface area contributed by atoms with Gasteiger partial charge in [0.25, 0.3) is 0 Å². The van der Waals surface area contributed by atoms with Crippen LogP contribution in [0, 0.1) is 0 Å². The molecule has 9 heavy (non-hydrogen) atoms. The molecule has 0 aliphatic carbocycles. The molecule has 0 radical (unpaired) electrons. The molecule has 0 aromatic carbocycles. The molecule has 1 N–H and O–H groups in total. The minimum Gasteiger partial charge on any atom is -0.313 e. The van der Waals surface area contributed by atoms with Crippen LogP contribution < -0.4 is 5.32 Å². The van der Waals surface area contributed by atoms with E-state index in [1.807, 2.05) is 0 Å². The predicted octanol–water partition coefficient (Wildman–Crippen LogP) is 1.95. The third-order valence-electron chi connectivity index (χ3n) is 1.08. The largest absolute Gasteiger partial charge is 0.313 e. The first kappa shape index (κ1) is 8.70. The second kappa shape index (κ2) is 5.83. The molecule has 0 spiro atoms. The second-order valence-corrected chi connectivity index (χ2v) is 2.49. The Morgan fingerprint density at radius 2 is 2.11 bits per heavy atom. The van der Waals surface area contributed by atoms with Gasteiger partial charge in [-0.25, -0.2) is 0 Å². The highest BCUT2D eigenvalue weighted by Gasteiger charge is 1.78. The number of allylic oxidation sites excluding steroid dienone is 1. The van der Waals surface area contributed by atoms with E-state index in [1.165, 1.54) is 12.0 Å². The van der Waals surface area contributed by atoms with Gasteiger partial charge in [0.1, 0.15) is 0 Å². The summed E-state index contributed by atoms with van der Waals surface area (Å²) in [6.45, 7) is 8.57. The zero-order valence-corrected chi connectivity index (χ0v) is 6.70. The van der Waals surface area contributed by atoms with Crippen LogP contribution in [0.5, 0.6) is 0 Å². The summed E-state index contributed by atoms with van der Waals surface area (Å²) in [6, 6.07) is 0. The monoisotopic (exact) mass is 127 g/mol. The molecule has 0 aromatic rings. The van der Waals surface area contributed by atoms with Gasteiger partial charge in [0, 0.05) is 6.54 Å². The summed E-state index contributed by atoms with van der Waals surface area (Å²) in [4.78, 5) is 0. The molecular weight excluding hydrogens is 110 g/mol. The molecule has 0 aliphatic rings. The van der Waals surface area contributed by atoms with Crippen LogP contribution in [-0.4, -0.2) is 13.1 Å². The molecule has 0 saturated heterocycles. The lowest BCUT2D eigenvalue weighted by molar-refractivity contribution is 0.727. The van der Waals surface area contributed by atoms with Gasteiger partial charge in [0.05, 0.1) is 0 Å². The fraction of sp³-hybridized carbons (Fsp3) is 0.750. The van der Waals surface area contributed by atoms with E-state index in [4.69, 9.17) is 0 Å². The Labute approximate surface area is 58.2 Å². The van der Waals surface area contributed by atoms with Crippen LogP contribution in [0.3, 0.4) is 0 Å². The van der Waals surface area contributed by atoms with Gasteiger partial charge < -0.3 is 5.32 Å². The molecule has 0 bridgehead atoms. The van der Waals surface area contributed by atoms with Crippen LogP contribution >= 0.6 is 0 Å². The van der Waals surface area contributed by atoms with Gasteiger partial charge in [0.15, 0.2) is 0 Å². The first-order chi connectivity index (χ1) is 4.27. The summed E-state index contributed by atoms with van der Waals surface area (Å²) >= 11 is 0. The van der Waals surface area contributed by atoms with Gasteiger partial charge in [0.2, 0.25) is 0 Å². The number of hydrogen-bond donors (Lipinski definition) is 1. The van der Waals surface area contributed by atoms with Crippen LogP contribution in [0.1, 0.15) is 27.2 Å². The lowest BCUT2D eigenvalue weighted by atomic mass is 10.3. The fourth-order valence-corrected chi connectivity index (χ4v) is 0.555. The molecule has 0 atom stereocenters. The van der Waals surface area contributed by atoms with Crippen LogP contribution in [0.15, 0.2) is 11.6 Å². The lowest BCUT2D eigenvalue weighted by Gasteiger charge is -1.96. The third kappa shape index (κ3) is 7.70. The molecule has 1 nitrogen and oxygen atoms in total. The molecule has 0 unspecified atom stereocenters. The van der Waals surface area contributed by atoms with Crippen LogP contribution in [0.2, 0.25) is 0 Å². The van der Waals surface area contributed by atoms with Crippen molar-refractivity contribution < 1.29 is 0 Å². The number of nitrogens with one attached hydrogen (secondary N) is 1. The highest BCUT2D eigenvalue weighted by atomic mass is 14.8. The average Bonchev–Trinajstić information content (AvgIpc) is 1.80. The van der Waals surface area contributed by atoms with Crippen molar-refractivity contribution in [3.8, 4) is 0 Å². The van der Waals surface area contributed by atoms with E-state index < -0.39 is 0 Å². The van der Waals surface area contributed by atoms with Gasteiger partial charge >= 0.3 is 0 Å². The molecule has 0 saturated carbocycles. The van der Waals surface area contributed by atoms with E-state index in [-0.39, 0.29) is 0 Å². The molecule has 0 fully saturated rings. The van der Waals surface area contributed by atoms with Gasteiger partial charge in [-0.1, -0.05) is 18.6 Å². The summed E-state index contributed by atoms with van der Waals surface area (Å²) in [7, 11) is 0. The summed E-state index contributed by atoms with van der Waals surface area (Å²) in [6.07, 6.45) is 3.42. The van der Waals surface area contributed by atoms with Crippen molar-refractivity contribution >= 4 is 0 Å². The first-order valence-electron chi connectivity index (χ1n) is 3.61. The van der Waals surface area contributed by atoms with Crippen LogP contribution in [0.25, 0.3) is 0 Å². The molecule has 54 valence electrons. The topological polar surface area (TPSA) is 12.0 Å². The second-order valence-electron chi connectivity index (χ2n) is 2.49. The minimum absolute atomic E-state index is 1.02. The van der Waals surface area contributed by atoms with Crippen molar-refractivity contribution in [3.05, 3.63) is 11.6 Å². The fourth-order valence-electron chi connectivity index (χ4n) is 0.555. The molecule has 0 rings (SSSR count). The van der Waals surface area contributed by atoms with E-state index >= 15 is 0 Å². The van der Waals surface area contributed by atoms with Crippen molar-refractivity contribution in [1.82, 2.24) is 5.32 Å². The summed E-state index contributed by atoms with van der Waals surface area (Å²) in [5.74, 6) is 0. The van der Waals surface area contributed by atoms with E-state index in [2.05, 4.69) is 32.2 Å². The van der Waals surface area contributed by atoms with Crippen molar-refractivity contribution in [2.75, 3.05) is 13.1 Å². The quantitative estimate of drug-likeness (QED) is 0.449. The van der Waals surface area contributed by atoms with E-state index in [0.717, 1.165) is 13.1 Å². The summed E-state index contributed by atoms with van der Waals surface area (Å²) < 4.78 is 0. The standard InChI is InChI=1S/C8H17N/c1-4-6-9-7-5-8(2)3/h5,9H,4,6-7H2,1-3H3. The zero-order valence-electron chi connectivity index (χ0n) is 6.70. The zero-order chi connectivity index (χ0) is 7.11. The maximum absolute atomic E-state index is 3.29. The third-order valence-corrected chi connectivity index (χ3v) is 1.08. The molecule has 0 heterocycles. The molecule has 1 heteroatoms. The summed E-state index contributed by atoms with van der Waals surface area (Å²) in [5, 5.41) is 3.29. The van der Waals surface area contributed by atoms with Gasteiger partial charge in [-0.05, 0) is 26.8 Å². The smallest absolute Gasteiger partial charge is 0.0137 e.